The van der Waals surface area contributed by atoms with Crippen LogP contribution in [0.3, 0.4) is 0 Å². The lowest BCUT2D eigenvalue weighted by Crippen LogP contribution is -2.54. The van der Waals surface area contributed by atoms with Gasteiger partial charge in [-0.05, 0) is 49.9 Å². The van der Waals surface area contributed by atoms with Crippen molar-refractivity contribution in [3.63, 3.8) is 0 Å². The van der Waals surface area contributed by atoms with Gasteiger partial charge < -0.3 is 5.73 Å². The number of nitriles is 1. The first-order valence-electron chi connectivity index (χ1n) is 6.16. The molecule has 0 bridgehead atoms. The van der Waals surface area contributed by atoms with Crippen LogP contribution in [0.25, 0.3) is 0 Å². The molecule has 2 rings (SSSR count). The molecular weight excluding hydrogens is 262 g/mol. The van der Waals surface area contributed by atoms with Crippen molar-refractivity contribution in [2.45, 2.75) is 36.6 Å². The Morgan fingerprint density at radius 3 is 2.63 bits per heavy atom. The minimum absolute atomic E-state index is 0.173. The van der Waals surface area contributed by atoms with Crippen molar-refractivity contribution in [3.8, 4) is 6.07 Å². The highest BCUT2D eigenvalue weighted by Crippen LogP contribution is 2.28. The smallest absolute Gasteiger partial charge is 0.240 e. The molecule has 1 fully saturated rings. The SMILES string of the molecule is Cc1cc(S(=O)(=O)NCC2(N)CCC2)ccc1C#N. The molecule has 5 nitrogen and oxygen atoms in total. The molecule has 102 valence electrons. The van der Waals surface area contributed by atoms with Crippen LogP contribution in [-0.2, 0) is 10.0 Å². The number of aryl methyl sites for hydroxylation is 1. The van der Waals surface area contributed by atoms with Crippen LogP contribution in [0, 0.1) is 18.3 Å². The Balaban J connectivity index is 2.15. The van der Waals surface area contributed by atoms with Gasteiger partial charge in [0, 0.05) is 12.1 Å². The van der Waals surface area contributed by atoms with Crippen molar-refractivity contribution >= 4 is 10.0 Å². The topological polar surface area (TPSA) is 96.0 Å². The van der Waals surface area contributed by atoms with E-state index in [2.05, 4.69) is 4.72 Å². The summed E-state index contributed by atoms with van der Waals surface area (Å²) in [6, 6.07) is 6.48. The number of nitrogens with zero attached hydrogens (tertiary/aromatic N) is 1. The van der Waals surface area contributed by atoms with Gasteiger partial charge in [0.2, 0.25) is 10.0 Å². The quantitative estimate of drug-likeness (QED) is 0.860. The third-order valence-corrected chi connectivity index (χ3v) is 4.99. The van der Waals surface area contributed by atoms with Gasteiger partial charge in [-0.3, -0.25) is 0 Å². The maximum absolute atomic E-state index is 12.1. The molecule has 6 heteroatoms. The first kappa shape index (κ1) is 14.0. The maximum atomic E-state index is 12.1. The van der Waals surface area contributed by atoms with E-state index in [0.29, 0.717) is 11.1 Å². The summed E-state index contributed by atoms with van der Waals surface area (Å²) in [6.45, 7) is 1.97. The van der Waals surface area contributed by atoms with Crippen molar-refractivity contribution in [1.82, 2.24) is 4.72 Å². The first-order chi connectivity index (χ1) is 8.86. The predicted octanol–water partition coefficient (Wildman–Crippen LogP) is 1.03. The van der Waals surface area contributed by atoms with Crippen LogP contribution in [-0.4, -0.2) is 20.5 Å². The minimum Gasteiger partial charge on any atom is -0.324 e. The molecule has 0 atom stereocenters. The van der Waals surface area contributed by atoms with Crippen molar-refractivity contribution in [3.05, 3.63) is 29.3 Å². The normalized spacial score (nSPS) is 17.5. The molecular formula is C13H17N3O2S. The first-order valence-corrected chi connectivity index (χ1v) is 7.64. The van der Waals surface area contributed by atoms with Gasteiger partial charge in [0.15, 0.2) is 0 Å². The fourth-order valence-electron chi connectivity index (χ4n) is 2.06. The minimum atomic E-state index is -3.56. The lowest BCUT2D eigenvalue weighted by atomic mass is 9.78. The number of benzene rings is 1. The molecule has 0 spiro atoms. The van der Waals surface area contributed by atoms with E-state index in [0.717, 1.165) is 19.3 Å². The Kier molecular flexibility index (Phi) is 3.63. The molecule has 0 amide bonds. The van der Waals surface area contributed by atoms with Crippen LogP contribution in [0.15, 0.2) is 23.1 Å². The van der Waals surface area contributed by atoms with E-state index in [4.69, 9.17) is 11.0 Å². The van der Waals surface area contributed by atoms with Crippen molar-refractivity contribution in [1.29, 1.82) is 5.26 Å². The van der Waals surface area contributed by atoms with E-state index in [-0.39, 0.29) is 11.4 Å². The highest BCUT2D eigenvalue weighted by atomic mass is 32.2. The number of hydrogen-bond acceptors (Lipinski definition) is 4. The van der Waals surface area contributed by atoms with Crippen LogP contribution >= 0.6 is 0 Å². The summed E-state index contributed by atoms with van der Waals surface area (Å²) in [4.78, 5) is 0.173. The standard InChI is InChI=1S/C13H17N3O2S/c1-10-7-12(4-3-11(10)8-14)19(17,18)16-9-13(15)5-2-6-13/h3-4,7,16H,2,5-6,9,15H2,1H3. The van der Waals surface area contributed by atoms with Crippen LogP contribution < -0.4 is 10.5 Å². The summed E-state index contributed by atoms with van der Waals surface area (Å²) >= 11 is 0. The van der Waals surface area contributed by atoms with Gasteiger partial charge in [0.25, 0.3) is 0 Å². The number of hydrogen-bond donors (Lipinski definition) is 2. The average molecular weight is 279 g/mol. The second-order valence-electron chi connectivity index (χ2n) is 5.13. The van der Waals surface area contributed by atoms with Gasteiger partial charge >= 0.3 is 0 Å². The molecule has 0 saturated heterocycles. The van der Waals surface area contributed by atoms with Crippen LogP contribution in [0.4, 0.5) is 0 Å². The molecule has 0 unspecified atom stereocenters. The number of nitrogens with two attached hydrogens (primary N) is 1. The van der Waals surface area contributed by atoms with E-state index in [9.17, 15) is 8.42 Å². The molecule has 0 radical (unpaired) electrons. The Labute approximate surface area is 113 Å². The van der Waals surface area contributed by atoms with E-state index in [1.165, 1.54) is 18.2 Å². The summed E-state index contributed by atoms with van der Waals surface area (Å²) in [7, 11) is -3.56. The molecule has 1 aliphatic carbocycles. The zero-order valence-corrected chi connectivity index (χ0v) is 11.6. The van der Waals surface area contributed by atoms with E-state index < -0.39 is 15.6 Å². The highest BCUT2D eigenvalue weighted by Gasteiger charge is 2.33. The third-order valence-electron chi connectivity index (χ3n) is 3.59. The largest absolute Gasteiger partial charge is 0.324 e. The molecule has 1 saturated carbocycles. The van der Waals surface area contributed by atoms with Gasteiger partial charge in [-0.2, -0.15) is 5.26 Å². The zero-order valence-electron chi connectivity index (χ0n) is 10.8. The molecule has 1 aromatic carbocycles. The van der Waals surface area contributed by atoms with Crippen LogP contribution in [0.5, 0.6) is 0 Å². The fraction of sp³-hybridized carbons (Fsp3) is 0.462. The van der Waals surface area contributed by atoms with E-state index >= 15 is 0 Å². The van der Waals surface area contributed by atoms with Gasteiger partial charge in [-0.1, -0.05) is 0 Å². The van der Waals surface area contributed by atoms with Crippen molar-refractivity contribution < 1.29 is 8.42 Å². The summed E-state index contributed by atoms with van der Waals surface area (Å²) < 4.78 is 26.8. The Bertz CT molecular complexity index is 628. The number of sulfonamides is 1. The Hall–Kier alpha value is -1.42. The van der Waals surface area contributed by atoms with Crippen molar-refractivity contribution in [2.24, 2.45) is 5.73 Å². The second-order valence-corrected chi connectivity index (χ2v) is 6.90. The summed E-state index contributed by atoms with van der Waals surface area (Å²) in [5, 5.41) is 8.83. The number of rotatable bonds is 4. The van der Waals surface area contributed by atoms with Gasteiger partial charge in [0.1, 0.15) is 0 Å². The monoisotopic (exact) mass is 279 g/mol. The Morgan fingerprint density at radius 1 is 1.47 bits per heavy atom. The van der Waals surface area contributed by atoms with E-state index in [1.807, 2.05) is 6.07 Å². The average Bonchev–Trinajstić information content (AvgIpc) is 2.34. The molecule has 1 aliphatic rings. The molecule has 1 aromatic rings. The van der Waals surface area contributed by atoms with Gasteiger partial charge in [-0.15, -0.1) is 0 Å². The second kappa shape index (κ2) is 4.93. The summed E-state index contributed by atoms with van der Waals surface area (Å²) in [5.74, 6) is 0. The van der Waals surface area contributed by atoms with Crippen LogP contribution in [0.2, 0.25) is 0 Å². The van der Waals surface area contributed by atoms with Crippen molar-refractivity contribution in [2.75, 3.05) is 6.54 Å². The van der Waals surface area contributed by atoms with Gasteiger partial charge in [-0.25, -0.2) is 13.1 Å². The maximum Gasteiger partial charge on any atom is 0.240 e. The van der Waals surface area contributed by atoms with Gasteiger partial charge in [0.05, 0.1) is 16.5 Å². The lowest BCUT2D eigenvalue weighted by Gasteiger charge is -2.38. The molecule has 19 heavy (non-hydrogen) atoms. The van der Waals surface area contributed by atoms with E-state index in [1.54, 1.807) is 6.92 Å². The zero-order chi connectivity index (χ0) is 14.1. The third kappa shape index (κ3) is 2.95. The molecule has 3 N–H and O–H groups in total. The highest BCUT2D eigenvalue weighted by molar-refractivity contribution is 7.89. The lowest BCUT2D eigenvalue weighted by molar-refractivity contribution is 0.251. The molecule has 0 heterocycles. The summed E-state index contributed by atoms with van der Waals surface area (Å²) in [6.07, 6.45) is 2.75. The number of nitrogens with one attached hydrogen (secondary N) is 1. The molecule has 0 aromatic heterocycles. The van der Waals surface area contributed by atoms with Crippen LogP contribution in [0.1, 0.15) is 30.4 Å². The Morgan fingerprint density at radius 2 is 2.16 bits per heavy atom. The molecule has 0 aliphatic heterocycles. The predicted molar refractivity (Wildman–Crippen MR) is 71.9 cm³/mol. The summed E-state index contributed by atoms with van der Waals surface area (Å²) in [5.41, 5.74) is 6.73. The fourth-order valence-corrected chi connectivity index (χ4v) is 3.28.